The van der Waals surface area contributed by atoms with Gasteiger partial charge in [-0.05, 0) is 87.2 Å². The van der Waals surface area contributed by atoms with E-state index in [1.54, 1.807) is 35.6 Å². The van der Waals surface area contributed by atoms with Crippen LogP contribution in [0.5, 0.6) is 0 Å². The lowest BCUT2D eigenvalue weighted by Gasteiger charge is -2.45. The van der Waals surface area contributed by atoms with Crippen LogP contribution in [0.15, 0.2) is 91.0 Å². The van der Waals surface area contributed by atoms with E-state index in [0.717, 1.165) is 16.4 Å². The molecule has 2 atom stereocenters. The van der Waals surface area contributed by atoms with Gasteiger partial charge < -0.3 is 9.41 Å². The highest BCUT2D eigenvalue weighted by Gasteiger charge is 2.52. The Labute approximate surface area is 286 Å². The molecule has 0 fully saturated rings. The Balaban J connectivity index is 1.42. The molecule has 2 unspecified atom stereocenters. The zero-order valence-electron chi connectivity index (χ0n) is 26.6. The van der Waals surface area contributed by atoms with E-state index in [-0.39, 0.29) is 15.6 Å². The maximum absolute atomic E-state index is 16.5. The van der Waals surface area contributed by atoms with Crippen LogP contribution in [0.1, 0.15) is 50.6 Å². The normalized spacial score (nSPS) is 17.7. The SMILES string of the molecule is CC1Cc2c([nH]c3ccc(F)cc23)C(c2c(F)ccc(I)c2F)N1CC(F)(F)CO[Si](c1ccccc1)(c1ccccc1)C(C)(C)C. The molecule has 5 aromatic rings. The lowest BCUT2D eigenvalue weighted by molar-refractivity contribution is -0.0825. The molecular formula is C37H36F5IN2OSi. The molecule has 6 rings (SSSR count). The van der Waals surface area contributed by atoms with Gasteiger partial charge in [0.25, 0.3) is 14.2 Å². The van der Waals surface area contributed by atoms with Gasteiger partial charge in [-0.2, -0.15) is 0 Å². The van der Waals surface area contributed by atoms with Crippen molar-refractivity contribution in [3.63, 3.8) is 0 Å². The van der Waals surface area contributed by atoms with Gasteiger partial charge in [0.1, 0.15) is 17.5 Å². The summed E-state index contributed by atoms with van der Waals surface area (Å²) >= 11 is 1.78. The Morgan fingerprint density at radius 1 is 0.894 bits per heavy atom. The maximum atomic E-state index is 16.5. The van der Waals surface area contributed by atoms with E-state index in [1.807, 2.05) is 81.4 Å². The third kappa shape index (κ3) is 6.18. The number of aromatic amines is 1. The van der Waals surface area contributed by atoms with Gasteiger partial charge in [-0.3, -0.25) is 4.90 Å². The molecule has 3 nitrogen and oxygen atoms in total. The lowest BCUT2D eigenvalue weighted by atomic mass is 9.87. The molecule has 2 heterocycles. The summed E-state index contributed by atoms with van der Waals surface area (Å²) in [6.45, 7) is 6.11. The van der Waals surface area contributed by atoms with Crippen molar-refractivity contribution in [2.75, 3.05) is 13.2 Å². The number of fused-ring (bicyclic) bond motifs is 3. The van der Waals surface area contributed by atoms with Crippen molar-refractivity contribution in [2.24, 2.45) is 0 Å². The molecule has 0 radical (unpaired) electrons. The molecule has 0 amide bonds. The van der Waals surface area contributed by atoms with Gasteiger partial charge >= 0.3 is 0 Å². The summed E-state index contributed by atoms with van der Waals surface area (Å²) < 4.78 is 85.7. The highest BCUT2D eigenvalue weighted by molar-refractivity contribution is 14.1. The summed E-state index contributed by atoms with van der Waals surface area (Å²) in [7, 11) is -3.29. The fraction of sp³-hybridized carbons (Fsp3) is 0.297. The molecule has 1 aliphatic heterocycles. The molecule has 47 heavy (non-hydrogen) atoms. The lowest BCUT2D eigenvalue weighted by Crippen LogP contribution is -2.67. The zero-order chi connectivity index (χ0) is 33.7. The predicted molar refractivity (Wildman–Crippen MR) is 188 cm³/mol. The molecule has 0 spiro atoms. The summed E-state index contributed by atoms with van der Waals surface area (Å²) in [5.41, 5.74) is 1.30. The van der Waals surface area contributed by atoms with Crippen molar-refractivity contribution in [2.45, 2.75) is 57.2 Å². The number of alkyl halides is 2. The molecule has 0 bridgehead atoms. The molecule has 10 heteroatoms. The van der Waals surface area contributed by atoms with Crippen LogP contribution in [0.25, 0.3) is 10.9 Å². The summed E-state index contributed by atoms with van der Waals surface area (Å²) in [6.07, 6.45) is 0.286. The second-order valence-corrected chi connectivity index (χ2v) is 18.9. The number of nitrogens with one attached hydrogen (secondary N) is 1. The molecule has 4 aromatic carbocycles. The first-order valence-corrected chi connectivity index (χ1v) is 18.5. The highest BCUT2D eigenvalue weighted by Crippen LogP contribution is 2.44. The van der Waals surface area contributed by atoms with Gasteiger partial charge in [-0.25, -0.2) is 22.0 Å². The molecule has 1 aliphatic rings. The zero-order valence-corrected chi connectivity index (χ0v) is 29.7. The second kappa shape index (κ2) is 12.8. The van der Waals surface area contributed by atoms with E-state index in [2.05, 4.69) is 4.98 Å². The number of benzene rings is 4. The molecule has 1 N–H and O–H groups in total. The minimum Gasteiger partial charge on any atom is -0.401 e. The largest absolute Gasteiger partial charge is 0.401 e. The summed E-state index contributed by atoms with van der Waals surface area (Å²) in [5.74, 6) is -5.51. The Hall–Kier alpha value is -3.06. The number of hydrogen-bond donors (Lipinski definition) is 1. The van der Waals surface area contributed by atoms with Crippen LogP contribution in [0.3, 0.4) is 0 Å². The quantitative estimate of drug-likeness (QED) is 0.0740. The minimum atomic E-state index is -3.41. The van der Waals surface area contributed by atoms with Gasteiger partial charge in [-0.15, -0.1) is 0 Å². The van der Waals surface area contributed by atoms with Crippen molar-refractivity contribution in [1.82, 2.24) is 9.88 Å². The number of aromatic nitrogens is 1. The Morgan fingerprint density at radius 2 is 1.51 bits per heavy atom. The van der Waals surface area contributed by atoms with Crippen molar-refractivity contribution < 1.29 is 26.4 Å². The van der Waals surface area contributed by atoms with Crippen molar-refractivity contribution in [3.05, 3.63) is 129 Å². The topological polar surface area (TPSA) is 28.3 Å². The minimum absolute atomic E-state index is 0.169. The first-order valence-electron chi connectivity index (χ1n) is 15.6. The number of H-pyrrole nitrogens is 1. The monoisotopic (exact) mass is 774 g/mol. The predicted octanol–water partition coefficient (Wildman–Crippen LogP) is 8.74. The number of nitrogens with zero attached hydrogens (tertiary/aromatic N) is 1. The molecule has 1 aromatic heterocycles. The average molecular weight is 775 g/mol. The van der Waals surface area contributed by atoms with Gasteiger partial charge in [0.15, 0.2) is 0 Å². The van der Waals surface area contributed by atoms with Gasteiger partial charge in [0.2, 0.25) is 0 Å². The molecule has 0 saturated heterocycles. The Morgan fingerprint density at radius 3 is 2.11 bits per heavy atom. The standard InChI is InChI=1S/C37H36F5IN2OSi/c1-23-19-28-27-20-24(38)15-18-31(27)44-34(28)35(32-29(39)16-17-30(43)33(32)40)45(23)21-37(41,42)22-46-47(36(2,3)4,25-11-7-5-8-12-25)26-13-9-6-10-14-26/h5-18,20,23,35,44H,19,21-22H2,1-4H3. The average Bonchev–Trinajstić information content (AvgIpc) is 3.38. The van der Waals surface area contributed by atoms with Crippen LogP contribution < -0.4 is 10.4 Å². The summed E-state index contributed by atoms with van der Waals surface area (Å²) in [5, 5.41) is 1.80. The number of halogens is 6. The van der Waals surface area contributed by atoms with Crippen molar-refractivity contribution in [3.8, 4) is 0 Å². The van der Waals surface area contributed by atoms with E-state index in [1.165, 1.54) is 23.1 Å². The fourth-order valence-corrected chi connectivity index (χ4v) is 12.2. The van der Waals surface area contributed by atoms with E-state index in [4.69, 9.17) is 4.43 Å². The Kier molecular flexibility index (Phi) is 9.18. The van der Waals surface area contributed by atoms with E-state index in [9.17, 15) is 4.39 Å². The van der Waals surface area contributed by atoms with Crippen LogP contribution >= 0.6 is 22.6 Å². The van der Waals surface area contributed by atoms with Gasteiger partial charge in [0, 0.05) is 31.8 Å². The van der Waals surface area contributed by atoms with Crippen LogP contribution in [0.2, 0.25) is 5.04 Å². The molecule has 0 aliphatic carbocycles. The molecule has 0 saturated carbocycles. The van der Waals surface area contributed by atoms with Gasteiger partial charge in [0.05, 0.1) is 19.2 Å². The maximum Gasteiger partial charge on any atom is 0.282 e. The fourth-order valence-electron chi connectivity index (χ4n) is 7.17. The second-order valence-electron chi connectivity index (χ2n) is 13.4. The third-order valence-electron chi connectivity index (χ3n) is 9.26. The van der Waals surface area contributed by atoms with Crippen LogP contribution in [0, 0.1) is 21.0 Å². The van der Waals surface area contributed by atoms with Crippen molar-refractivity contribution in [1.29, 1.82) is 0 Å². The molecule has 246 valence electrons. The highest BCUT2D eigenvalue weighted by atomic mass is 127. The summed E-state index contributed by atoms with van der Waals surface area (Å²) in [4.78, 5) is 4.67. The van der Waals surface area contributed by atoms with Crippen LogP contribution in [-0.4, -0.2) is 43.3 Å². The van der Waals surface area contributed by atoms with Gasteiger partial charge in [-0.1, -0.05) is 81.4 Å². The van der Waals surface area contributed by atoms with Crippen molar-refractivity contribution >= 4 is 52.2 Å². The molecular weight excluding hydrogens is 738 g/mol. The first kappa shape index (κ1) is 33.8. The number of hydrogen-bond acceptors (Lipinski definition) is 2. The van der Waals surface area contributed by atoms with Crippen LogP contribution in [0.4, 0.5) is 22.0 Å². The van der Waals surface area contributed by atoms with E-state index >= 15 is 17.6 Å². The van der Waals surface area contributed by atoms with Crippen LogP contribution in [-0.2, 0) is 10.8 Å². The summed E-state index contributed by atoms with van der Waals surface area (Å²) in [6, 6.07) is 24.0. The van der Waals surface area contributed by atoms with E-state index in [0.29, 0.717) is 22.2 Å². The Bertz CT molecular complexity index is 1850. The third-order valence-corrected chi connectivity index (χ3v) is 15.1. The number of rotatable bonds is 8. The van der Waals surface area contributed by atoms with E-state index < -0.39 is 62.0 Å². The smallest absolute Gasteiger partial charge is 0.282 e. The first-order chi connectivity index (χ1) is 22.2.